The highest BCUT2D eigenvalue weighted by molar-refractivity contribution is 5.93. The number of rotatable bonds is 4. The molecule has 24 heavy (non-hydrogen) atoms. The van der Waals surface area contributed by atoms with Crippen LogP contribution in [0.5, 0.6) is 0 Å². The van der Waals surface area contributed by atoms with Crippen LogP contribution in [0.25, 0.3) is 10.9 Å². The molecule has 0 spiro atoms. The molecule has 0 saturated heterocycles. The van der Waals surface area contributed by atoms with Gasteiger partial charge in [0.25, 0.3) is 0 Å². The predicted molar refractivity (Wildman–Crippen MR) is 98.2 cm³/mol. The molecule has 1 aliphatic heterocycles. The first-order chi connectivity index (χ1) is 11.6. The van der Waals surface area contributed by atoms with Crippen LogP contribution in [0.4, 0.5) is 5.69 Å². The van der Waals surface area contributed by atoms with Gasteiger partial charge in [-0.1, -0.05) is 48.5 Å². The van der Waals surface area contributed by atoms with Crippen molar-refractivity contribution in [2.45, 2.75) is 32.5 Å². The van der Waals surface area contributed by atoms with Gasteiger partial charge in [0.05, 0.1) is 23.5 Å². The molecule has 4 rings (SSSR count). The minimum atomic E-state index is -0.324. The first kappa shape index (κ1) is 15.2. The lowest BCUT2D eigenvalue weighted by atomic mass is 9.99. The molecule has 0 radical (unpaired) electrons. The van der Waals surface area contributed by atoms with Gasteiger partial charge in [-0.3, -0.25) is 0 Å². The van der Waals surface area contributed by atoms with Crippen LogP contribution in [0.2, 0.25) is 0 Å². The summed E-state index contributed by atoms with van der Waals surface area (Å²) in [6.45, 7) is 5.70. The maximum atomic E-state index is 5.98. The van der Waals surface area contributed by atoms with Gasteiger partial charge in [0.15, 0.2) is 0 Å². The molecule has 1 aromatic heterocycles. The number of fused-ring (bicyclic) bond motifs is 2. The number of pyridine rings is 1. The summed E-state index contributed by atoms with van der Waals surface area (Å²) in [5.41, 5.74) is 5.48. The Balaban J connectivity index is 1.69. The fourth-order valence-corrected chi connectivity index (χ4v) is 3.39. The van der Waals surface area contributed by atoms with Gasteiger partial charge in [0.1, 0.15) is 5.60 Å². The highest BCUT2D eigenvalue weighted by atomic mass is 16.5. The van der Waals surface area contributed by atoms with Gasteiger partial charge in [-0.05, 0) is 31.9 Å². The smallest absolute Gasteiger partial charge is 0.105 e. The zero-order valence-electron chi connectivity index (χ0n) is 14.2. The number of nitrogens with one attached hydrogen (secondary N) is 1. The average Bonchev–Trinajstić information content (AvgIpc) is 2.90. The normalized spacial score (nSPS) is 15.4. The Kier molecular flexibility index (Phi) is 3.73. The van der Waals surface area contributed by atoms with Crippen molar-refractivity contribution in [3.8, 4) is 0 Å². The third-order valence-corrected chi connectivity index (χ3v) is 4.70. The molecule has 0 fully saturated rings. The van der Waals surface area contributed by atoms with Gasteiger partial charge < -0.3 is 10.1 Å². The highest BCUT2D eigenvalue weighted by Gasteiger charge is 2.35. The minimum absolute atomic E-state index is 0.324. The van der Waals surface area contributed by atoms with Crippen molar-refractivity contribution < 1.29 is 4.74 Å². The molecular weight excluding hydrogens is 296 g/mol. The van der Waals surface area contributed by atoms with Crippen molar-refractivity contribution in [3.05, 3.63) is 71.4 Å². The van der Waals surface area contributed by atoms with E-state index in [1.165, 1.54) is 22.2 Å². The lowest BCUT2D eigenvalue weighted by Crippen LogP contribution is -2.17. The summed E-state index contributed by atoms with van der Waals surface area (Å²) in [5, 5.41) is 4.83. The number of hydrogen-bond acceptors (Lipinski definition) is 3. The van der Waals surface area contributed by atoms with Crippen molar-refractivity contribution in [1.29, 1.82) is 0 Å². The molecule has 3 nitrogen and oxygen atoms in total. The summed E-state index contributed by atoms with van der Waals surface area (Å²) in [6.07, 6.45) is 0.997. The topological polar surface area (TPSA) is 34.1 Å². The van der Waals surface area contributed by atoms with E-state index in [1.54, 1.807) is 0 Å². The standard InChI is InChI=1S/C21H22N2O/c1-21(2)20-17(14-24-21)19(16-10-6-7-11-18(16)23-20)22-13-12-15-8-4-3-5-9-15/h3-11H,12-14H2,1-2H3,(H,22,23). The molecule has 2 aromatic carbocycles. The van der Waals surface area contributed by atoms with Gasteiger partial charge in [0.2, 0.25) is 0 Å². The summed E-state index contributed by atoms with van der Waals surface area (Å²) >= 11 is 0. The molecule has 3 heteroatoms. The molecule has 122 valence electrons. The molecule has 1 aliphatic rings. The van der Waals surface area contributed by atoms with Crippen LogP contribution < -0.4 is 5.32 Å². The third-order valence-electron chi connectivity index (χ3n) is 4.70. The number of anilines is 1. The Hall–Kier alpha value is -2.39. The van der Waals surface area contributed by atoms with Gasteiger partial charge in [-0.2, -0.15) is 0 Å². The number of hydrogen-bond donors (Lipinski definition) is 1. The van der Waals surface area contributed by atoms with Crippen LogP contribution in [0.1, 0.15) is 30.7 Å². The van der Waals surface area contributed by atoms with Crippen molar-refractivity contribution in [1.82, 2.24) is 4.98 Å². The summed E-state index contributed by atoms with van der Waals surface area (Å²) in [4.78, 5) is 4.87. The zero-order valence-corrected chi connectivity index (χ0v) is 14.2. The zero-order chi connectivity index (χ0) is 16.6. The molecule has 0 atom stereocenters. The molecule has 0 amide bonds. The first-order valence-electron chi connectivity index (χ1n) is 8.49. The molecule has 0 aliphatic carbocycles. The minimum Gasteiger partial charge on any atom is -0.384 e. The van der Waals surface area contributed by atoms with Crippen LogP contribution in [0.3, 0.4) is 0 Å². The first-order valence-corrected chi connectivity index (χ1v) is 8.49. The lowest BCUT2D eigenvalue weighted by molar-refractivity contribution is -0.00989. The Morgan fingerprint density at radius 3 is 2.62 bits per heavy atom. The number of ether oxygens (including phenoxy) is 1. The molecular formula is C21H22N2O. The average molecular weight is 318 g/mol. The van der Waals surface area contributed by atoms with Gasteiger partial charge >= 0.3 is 0 Å². The van der Waals surface area contributed by atoms with Crippen molar-refractivity contribution in [2.24, 2.45) is 0 Å². The Bertz CT molecular complexity index is 872. The molecule has 0 saturated carbocycles. The Morgan fingerprint density at radius 2 is 1.79 bits per heavy atom. The second-order valence-electron chi connectivity index (χ2n) is 6.79. The maximum Gasteiger partial charge on any atom is 0.105 e. The number of benzene rings is 2. The third kappa shape index (κ3) is 2.65. The summed E-state index contributed by atoms with van der Waals surface area (Å²) < 4.78 is 5.98. The van der Waals surface area contributed by atoms with Crippen molar-refractivity contribution >= 4 is 16.6 Å². The van der Waals surface area contributed by atoms with E-state index in [1.807, 2.05) is 6.07 Å². The van der Waals surface area contributed by atoms with Crippen LogP contribution in [0.15, 0.2) is 54.6 Å². The van der Waals surface area contributed by atoms with Crippen LogP contribution >= 0.6 is 0 Å². The fourth-order valence-electron chi connectivity index (χ4n) is 3.39. The largest absolute Gasteiger partial charge is 0.384 e. The van der Waals surface area contributed by atoms with Gasteiger partial charge in [-0.15, -0.1) is 0 Å². The van der Waals surface area contributed by atoms with Crippen LogP contribution in [-0.2, 0) is 23.4 Å². The van der Waals surface area contributed by atoms with E-state index in [4.69, 9.17) is 9.72 Å². The fraction of sp³-hybridized carbons (Fsp3) is 0.286. The Labute approximate surface area is 142 Å². The van der Waals surface area contributed by atoms with E-state index in [0.717, 1.165) is 24.2 Å². The second kappa shape index (κ2) is 5.91. The molecule has 0 unspecified atom stereocenters. The van der Waals surface area contributed by atoms with E-state index < -0.39 is 0 Å². The summed E-state index contributed by atoms with van der Waals surface area (Å²) in [7, 11) is 0. The molecule has 1 N–H and O–H groups in total. The maximum absolute atomic E-state index is 5.98. The monoisotopic (exact) mass is 318 g/mol. The van der Waals surface area contributed by atoms with Crippen LogP contribution in [-0.4, -0.2) is 11.5 Å². The summed E-state index contributed by atoms with van der Waals surface area (Å²) in [6, 6.07) is 18.9. The van der Waals surface area contributed by atoms with E-state index in [2.05, 4.69) is 67.7 Å². The second-order valence-corrected chi connectivity index (χ2v) is 6.79. The van der Waals surface area contributed by atoms with E-state index in [0.29, 0.717) is 6.61 Å². The number of aromatic nitrogens is 1. The number of nitrogens with zero attached hydrogens (tertiary/aromatic N) is 1. The van der Waals surface area contributed by atoms with Crippen LogP contribution in [0, 0.1) is 0 Å². The molecule has 0 bridgehead atoms. The SMILES string of the molecule is CC1(C)OCc2c1nc1ccccc1c2NCCc1ccccc1. The van der Waals surface area contributed by atoms with Gasteiger partial charge in [-0.25, -0.2) is 4.98 Å². The van der Waals surface area contributed by atoms with Crippen molar-refractivity contribution in [2.75, 3.05) is 11.9 Å². The lowest BCUT2D eigenvalue weighted by Gasteiger charge is -2.19. The predicted octanol–water partition coefficient (Wildman–Crippen LogP) is 4.65. The van der Waals surface area contributed by atoms with E-state index >= 15 is 0 Å². The quantitative estimate of drug-likeness (QED) is 0.760. The van der Waals surface area contributed by atoms with Crippen molar-refractivity contribution in [3.63, 3.8) is 0 Å². The molecule has 2 heterocycles. The van der Waals surface area contributed by atoms with Gasteiger partial charge in [0, 0.05) is 17.5 Å². The highest BCUT2D eigenvalue weighted by Crippen LogP contribution is 2.41. The van der Waals surface area contributed by atoms with E-state index in [-0.39, 0.29) is 5.60 Å². The van der Waals surface area contributed by atoms with E-state index in [9.17, 15) is 0 Å². The number of para-hydroxylation sites is 1. The summed E-state index contributed by atoms with van der Waals surface area (Å²) in [5.74, 6) is 0. The molecule has 3 aromatic rings. The Morgan fingerprint density at radius 1 is 1.04 bits per heavy atom.